The van der Waals surface area contributed by atoms with Crippen LogP contribution < -0.4 is 20.1 Å². The molecule has 31 heavy (non-hydrogen) atoms. The number of hydrogen-bond donors (Lipinski definition) is 2. The van der Waals surface area contributed by atoms with Crippen LogP contribution in [0.5, 0.6) is 11.5 Å². The van der Waals surface area contributed by atoms with Gasteiger partial charge in [0.25, 0.3) is 0 Å². The van der Waals surface area contributed by atoms with Gasteiger partial charge in [-0.25, -0.2) is 9.59 Å². The molecule has 2 amide bonds. The van der Waals surface area contributed by atoms with Crippen LogP contribution in [0.15, 0.2) is 48.0 Å². The number of nitrogens with one attached hydrogen (secondary N) is 2. The van der Waals surface area contributed by atoms with Crippen molar-refractivity contribution < 1.29 is 23.8 Å². The average molecular weight is 445 g/mol. The molecule has 0 bridgehead atoms. The van der Waals surface area contributed by atoms with Crippen molar-refractivity contribution in [2.24, 2.45) is 0 Å². The maximum atomic E-state index is 13.0. The highest BCUT2D eigenvalue weighted by Gasteiger charge is 2.35. The number of amides is 2. The Morgan fingerprint density at radius 3 is 2.39 bits per heavy atom. The van der Waals surface area contributed by atoms with Crippen molar-refractivity contribution in [3.63, 3.8) is 0 Å². The SMILES string of the molecule is CCOC(=O)C1=C(c2ccccc2)NC(=O)N[C@@H]1c1cc(Cl)c(OCC)c(OCC)c1. The van der Waals surface area contributed by atoms with E-state index >= 15 is 0 Å². The van der Waals surface area contributed by atoms with Gasteiger partial charge < -0.3 is 24.8 Å². The summed E-state index contributed by atoms with van der Waals surface area (Å²) in [4.78, 5) is 25.5. The van der Waals surface area contributed by atoms with Gasteiger partial charge in [-0.1, -0.05) is 41.9 Å². The van der Waals surface area contributed by atoms with Crippen LogP contribution in [0.2, 0.25) is 5.02 Å². The molecule has 1 aliphatic rings. The largest absolute Gasteiger partial charge is 0.490 e. The number of benzene rings is 2. The topological polar surface area (TPSA) is 85.9 Å². The second-order valence-electron chi connectivity index (χ2n) is 6.60. The highest BCUT2D eigenvalue weighted by Crippen LogP contribution is 2.41. The monoisotopic (exact) mass is 444 g/mol. The van der Waals surface area contributed by atoms with Gasteiger partial charge in [-0.05, 0) is 44.0 Å². The van der Waals surface area contributed by atoms with E-state index in [2.05, 4.69) is 10.6 Å². The molecule has 1 aliphatic heterocycles. The Bertz CT molecular complexity index is 991. The molecule has 0 fully saturated rings. The summed E-state index contributed by atoms with van der Waals surface area (Å²) in [6.07, 6.45) is 0. The molecular weight excluding hydrogens is 420 g/mol. The number of hydrogen-bond acceptors (Lipinski definition) is 5. The summed E-state index contributed by atoms with van der Waals surface area (Å²) in [5, 5.41) is 5.87. The van der Waals surface area contributed by atoms with E-state index in [4.69, 9.17) is 25.8 Å². The lowest BCUT2D eigenvalue weighted by Crippen LogP contribution is -2.45. The highest BCUT2D eigenvalue weighted by molar-refractivity contribution is 6.32. The van der Waals surface area contributed by atoms with E-state index in [1.807, 2.05) is 44.2 Å². The molecule has 8 heteroatoms. The van der Waals surface area contributed by atoms with Crippen molar-refractivity contribution in [1.29, 1.82) is 0 Å². The van der Waals surface area contributed by atoms with E-state index < -0.39 is 18.0 Å². The Labute approximate surface area is 186 Å². The van der Waals surface area contributed by atoms with Gasteiger partial charge in [-0.15, -0.1) is 0 Å². The highest BCUT2D eigenvalue weighted by atomic mass is 35.5. The fourth-order valence-corrected chi connectivity index (χ4v) is 3.65. The number of ether oxygens (including phenoxy) is 3. The molecule has 1 atom stereocenters. The van der Waals surface area contributed by atoms with E-state index in [0.717, 1.165) is 0 Å². The van der Waals surface area contributed by atoms with Crippen LogP contribution in [0.3, 0.4) is 0 Å². The van der Waals surface area contributed by atoms with E-state index in [9.17, 15) is 9.59 Å². The molecule has 0 saturated heterocycles. The van der Waals surface area contributed by atoms with Crippen molar-refractivity contribution in [2.45, 2.75) is 26.8 Å². The number of rotatable bonds is 8. The fraction of sp³-hybridized carbons (Fsp3) is 0.304. The third-order valence-electron chi connectivity index (χ3n) is 4.58. The summed E-state index contributed by atoms with van der Waals surface area (Å²) in [7, 11) is 0. The first-order chi connectivity index (χ1) is 15.0. The van der Waals surface area contributed by atoms with Crippen molar-refractivity contribution in [2.75, 3.05) is 19.8 Å². The van der Waals surface area contributed by atoms with Gasteiger partial charge in [0, 0.05) is 0 Å². The van der Waals surface area contributed by atoms with Crippen LogP contribution >= 0.6 is 11.6 Å². The Hall–Kier alpha value is -3.19. The third-order valence-corrected chi connectivity index (χ3v) is 4.86. The Balaban J connectivity index is 2.19. The van der Waals surface area contributed by atoms with Crippen LogP contribution in [0.25, 0.3) is 5.70 Å². The molecule has 0 aliphatic carbocycles. The van der Waals surface area contributed by atoms with Crippen molar-refractivity contribution in [1.82, 2.24) is 10.6 Å². The van der Waals surface area contributed by atoms with E-state index in [-0.39, 0.29) is 12.2 Å². The predicted molar refractivity (Wildman–Crippen MR) is 118 cm³/mol. The molecule has 7 nitrogen and oxygen atoms in total. The molecule has 1 heterocycles. The van der Waals surface area contributed by atoms with Crippen LogP contribution in [-0.4, -0.2) is 31.8 Å². The number of carbonyl (C=O) groups excluding carboxylic acids is 2. The number of esters is 1. The lowest BCUT2D eigenvalue weighted by atomic mass is 9.92. The maximum Gasteiger partial charge on any atom is 0.338 e. The van der Waals surface area contributed by atoms with Crippen LogP contribution in [0.4, 0.5) is 4.79 Å². The molecule has 164 valence electrons. The molecule has 2 aromatic carbocycles. The first-order valence-electron chi connectivity index (χ1n) is 10.1. The van der Waals surface area contributed by atoms with Crippen molar-refractivity contribution >= 4 is 29.3 Å². The lowest BCUT2D eigenvalue weighted by molar-refractivity contribution is -0.138. The Morgan fingerprint density at radius 1 is 1.03 bits per heavy atom. The summed E-state index contributed by atoms with van der Waals surface area (Å²) in [5.41, 5.74) is 1.92. The van der Waals surface area contributed by atoms with Crippen molar-refractivity contribution in [3.05, 3.63) is 64.2 Å². The normalized spacial score (nSPS) is 15.7. The summed E-state index contributed by atoms with van der Waals surface area (Å²) < 4.78 is 16.7. The molecule has 2 aromatic rings. The van der Waals surface area contributed by atoms with Crippen LogP contribution in [-0.2, 0) is 9.53 Å². The molecule has 0 saturated carbocycles. The second-order valence-corrected chi connectivity index (χ2v) is 7.01. The molecule has 0 spiro atoms. The summed E-state index contributed by atoms with van der Waals surface area (Å²) in [6, 6.07) is 11.3. The van der Waals surface area contributed by atoms with Gasteiger partial charge in [0.05, 0.1) is 42.2 Å². The lowest BCUT2D eigenvalue weighted by Gasteiger charge is -2.30. The van der Waals surface area contributed by atoms with Gasteiger partial charge in [-0.3, -0.25) is 0 Å². The predicted octanol–water partition coefficient (Wildman–Crippen LogP) is 4.47. The van der Waals surface area contributed by atoms with Gasteiger partial charge in [0.1, 0.15) is 0 Å². The number of halogens is 1. The standard InChI is InChI=1S/C23H25ClN2O5/c1-4-29-17-13-15(12-16(24)21(17)30-5-2)20-18(22(27)31-6-3)19(25-23(28)26-20)14-10-8-7-9-11-14/h7-13,20H,4-6H2,1-3H3,(H2,25,26,28)/t20-/m1/s1. The zero-order valence-electron chi connectivity index (χ0n) is 17.7. The first-order valence-corrected chi connectivity index (χ1v) is 10.5. The summed E-state index contributed by atoms with van der Waals surface area (Å²) >= 11 is 6.48. The number of carbonyl (C=O) groups is 2. The minimum atomic E-state index is -0.796. The second kappa shape index (κ2) is 10.2. The molecule has 3 rings (SSSR count). The Morgan fingerprint density at radius 2 is 1.74 bits per heavy atom. The molecule has 2 N–H and O–H groups in total. The summed E-state index contributed by atoms with van der Waals surface area (Å²) in [5.74, 6) is 0.311. The first kappa shape index (κ1) is 22.5. The smallest absolute Gasteiger partial charge is 0.338 e. The van der Waals surface area contributed by atoms with Crippen molar-refractivity contribution in [3.8, 4) is 11.5 Å². The molecule has 0 unspecified atom stereocenters. The minimum Gasteiger partial charge on any atom is -0.490 e. The summed E-state index contributed by atoms with van der Waals surface area (Å²) in [6.45, 7) is 6.43. The fourth-order valence-electron chi connectivity index (χ4n) is 3.38. The molecule has 0 radical (unpaired) electrons. The van der Waals surface area contributed by atoms with Gasteiger partial charge in [-0.2, -0.15) is 0 Å². The zero-order valence-corrected chi connectivity index (χ0v) is 18.4. The van der Waals surface area contributed by atoms with Gasteiger partial charge in [0.15, 0.2) is 11.5 Å². The average Bonchev–Trinajstić information content (AvgIpc) is 2.76. The van der Waals surface area contributed by atoms with Gasteiger partial charge in [0.2, 0.25) is 0 Å². The third kappa shape index (κ3) is 4.94. The number of urea groups is 1. The maximum absolute atomic E-state index is 13.0. The Kier molecular flexibility index (Phi) is 7.41. The molecular formula is C23H25ClN2O5. The van der Waals surface area contributed by atoms with Crippen LogP contribution in [0.1, 0.15) is 37.9 Å². The molecule has 0 aromatic heterocycles. The van der Waals surface area contributed by atoms with Gasteiger partial charge >= 0.3 is 12.0 Å². The van der Waals surface area contributed by atoms with E-state index in [1.54, 1.807) is 19.1 Å². The van der Waals surface area contributed by atoms with E-state index in [1.165, 1.54) is 0 Å². The van der Waals surface area contributed by atoms with E-state index in [0.29, 0.717) is 46.6 Å². The quantitative estimate of drug-likeness (QED) is 0.587. The zero-order chi connectivity index (χ0) is 22.4. The minimum absolute atomic E-state index is 0.194. The van der Waals surface area contributed by atoms with Crippen LogP contribution in [0, 0.1) is 0 Å².